The van der Waals surface area contributed by atoms with Gasteiger partial charge in [0.15, 0.2) is 5.78 Å². The van der Waals surface area contributed by atoms with Crippen molar-refractivity contribution in [1.82, 2.24) is 5.16 Å². The predicted molar refractivity (Wildman–Crippen MR) is 56.0 cm³/mol. The minimum atomic E-state index is 0.0832. The zero-order valence-electron chi connectivity index (χ0n) is 8.49. The van der Waals surface area contributed by atoms with Gasteiger partial charge in [-0.15, -0.1) is 0 Å². The Kier molecular flexibility index (Phi) is 1.69. The molecule has 2 aromatic rings. The number of hydrogen-bond donors (Lipinski definition) is 0. The first-order valence-electron chi connectivity index (χ1n) is 5.16. The van der Waals surface area contributed by atoms with Crippen molar-refractivity contribution in [3.63, 3.8) is 0 Å². The van der Waals surface area contributed by atoms with Gasteiger partial charge in [-0.1, -0.05) is 5.16 Å². The maximum absolute atomic E-state index is 11.3. The van der Waals surface area contributed by atoms with Gasteiger partial charge in [-0.05, 0) is 38.0 Å². The van der Waals surface area contributed by atoms with Gasteiger partial charge in [-0.2, -0.15) is 0 Å². The van der Waals surface area contributed by atoms with Gasteiger partial charge in [0.25, 0.3) is 0 Å². The molecule has 0 radical (unpaired) electrons. The van der Waals surface area contributed by atoms with Crippen molar-refractivity contribution in [2.75, 3.05) is 0 Å². The average molecular weight is 201 g/mol. The highest BCUT2D eigenvalue weighted by molar-refractivity contribution is 5.98. The van der Waals surface area contributed by atoms with Crippen molar-refractivity contribution >= 4 is 16.7 Å². The Morgan fingerprint density at radius 2 is 2.27 bits per heavy atom. The molecule has 15 heavy (non-hydrogen) atoms. The highest BCUT2D eigenvalue weighted by Crippen LogP contribution is 2.43. The van der Waals surface area contributed by atoms with Crippen LogP contribution in [-0.4, -0.2) is 10.9 Å². The third-order valence-corrected chi connectivity index (χ3v) is 2.86. The molecule has 1 aromatic heterocycles. The van der Waals surface area contributed by atoms with Gasteiger partial charge in [-0.3, -0.25) is 4.79 Å². The molecule has 3 heteroatoms. The molecule has 76 valence electrons. The van der Waals surface area contributed by atoms with Gasteiger partial charge in [0.2, 0.25) is 0 Å². The normalized spacial score (nSPS) is 15.8. The Labute approximate surface area is 87.1 Å². The van der Waals surface area contributed by atoms with Crippen molar-refractivity contribution < 1.29 is 9.32 Å². The first-order chi connectivity index (χ1) is 7.25. The van der Waals surface area contributed by atoms with E-state index in [9.17, 15) is 4.79 Å². The summed E-state index contributed by atoms with van der Waals surface area (Å²) in [6.07, 6.45) is 2.35. The summed E-state index contributed by atoms with van der Waals surface area (Å²) in [4.78, 5) is 11.3. The Morgan fingerprint density at radius 3 is 2.93 bits per heavy atom. The minimum absolute atomic E-state index is 0.0832. The van der Waals surface area contributed by atoms with Crippen LogP contribution in [-0.2, 0) is 0 Å². The van der Waals surface area contributed by atoms with Crippen LogP contribution in [0.25, 0.3) is 10.9 Å². The molecule has 1 saturated carbocycles. The van der Waals surface area contributed by atoms with Crippen molar-refractivity contribution in [1.29, 1.82) is 0 Å². The largest absolute Gasteiger partial charge is 0.360 e. The molecule has 0 N–H and O–H groups in total. The van der Waals surface area contributed by atoms with Crippen molar-refractivity contribution in [3.05, 3.63) is 29.5 Å². The zero-order chi connectivity index (χ0) is 10.4. The first kappa shape index (κ1) is 8.65. The molecule has 0 aliphatic heterocycles. The van der Waals surface area contributed by atoms with Crippen LogP contribution in [0, 0.1) is 0 Å². The molecular formula is C12H11NO2. The fourth-order valence-electron chi connectivity index (χ4n) is 1.82. The van der Waals surface area contributed by atoms with E-state index >= 15 is 0 Å². The number of ketones is 1. The second-order valence-electron chi connectivity index (χ2n) is 4.11. The molecule has 3 nitrogen and oxygen atoms in total. The predicted octanol–water partition coefficient (Wildman–Crippen LogP) is 2.91. The summed E-state index contributed by atoms with van der Waals surface area (Å²) in [6.45, 7) is 1.57. The van der Waals surface area contributed by atoms with Crippen LogP contribution >= 0.6 is 0 Å². The van der Waals surface area contributed by atoms with Crippen LogP contribution < -0.4 is 0 Å². The molecule has 0 unspecified atom stereocenters. The fraction of sp³-hybridized carbons (Fsp3) is 0.333. The number of carbonyl (C=O) groups excluding carboxylic acids is 1. The van der Waals surface area contributed by atoms with Gasteiger partial charge in [0, 0.05) is 16.9 Å². The van der Waals surface area contributed by atoms with E-state index in [0.29, 0.717) is 5.92 Å². The lowest BCUT2D eigenvalue weighted by molar-refractivity contribution is 0.101. The Hall–Kier alpha value is -1.64. The zero-order valence-corrected chi connectivity index (χ0v) is 8.49. The van der Waals surface area contributed by atoms with E-state index < -0.39 is 0 Å². The Bertz CT molecular complexity index is 538. The molecule has 1 fully saturated rings. The summed E-state index contributed by atoms with van der Waals surface area (Å²) in [5, 5.41) is 5.00. The SMILES string of the molecule is CC(=O)c1ccc2noc(C3CC3)c2c1. The monoisotopic (exact) mass is 201 g/mol. The van der Waals surface area contributed by atoms with Gasteiger partial charge < -0.3 is 4.52 Å². The second-order valence-corrected chi connectivity index (χ2v) is 4.11. The minimum Gasteiger partial charge on any atom is -0.360 e. The maximum Gasteiger partial charge on any atom is 0.159 e. The van der Waals surface area contributed by atoms with Crippen LogP contribution in [0.3, 0.4) is 0 Å². The number of hydrogen-bond acceptors (Lipinski definition) is 3. The molecule has 0 amide bonds. The smallest absolute Gasteiger partial charge is 0.159 e. The molecule has 0 bridgehead atoms. The number of Topliss-reactive ketones (excluding diaryl/α,β-unsaturated/α-hetero) is 1. The van der Waals surface area contributed by atoms with Crippen molar-refractivity contribution in [3.8, 4) is 0 Å². The summed E-state index contributed by atoms with van der Waals surface area (Å²) in [6, 6.07) is 5.53. The van der Waals surface area contributed by atoms with E-state index in [-0.39, 0.29) is 5.78 Å². The standard InChI is InChI=1S/C12H11NO2/c1-7(14)9-4-5-11-10(6-9)12(15-13-11)8-2-3-8/h4-6,8H,2-3H2,1H3. The van der Waals surface area contributed by atoms with Crippen LogP contribution in [0.5, 0.6) is 0 Å². The fourth-order valence-corrected chi connectivity index (χ4v) is 1.82. The maximum atomic E-state index is 11.3. The van der Waals surface area contributed by atoms with Crippen molar-refractivity contribution in [2.24, 2.45) is 0 Å². The van der Waals surface area contributed by atoms with Crippen LogP contribution in [0.1, 0.15) is 41.8 Å². The summed E-state index contributed by atoms with van der Waals surface area (Å²) in [5.41, 5.74) is 1.58. The molecule has 3 rings (SSSR count). The van der Waals surface area contributed by atoms with E-state index in [2.05, 4.69) is 5.16 Å². The number of nitrogens with zero attached hydrogens (tertiary/aromatic N) is 1. The van der Waals surface area contributed by atoms with E-state index in [1.165, 1.54) is 12.8 Å². The summed E-state index contributed by atoms with van der Waals surface area (Å²) in [7, 11) is 0. The Morgan fingerprint density at radius 1 is 1.47 bits per heavy atom. The second kappa shape index (κ2) is 2.92. The highest BCUT2D eigenvalue weighted by Gasteiger charge is 2.29. The first-order valence-corrected chi connectivity index (χ1v) is 5.16. The van der Waals surface area contributed by atoms with Gasteiger partial charge in [0.05, 0.1) is 0 Å². The topological polar surface area (TPSA) is 43.1 Å². The van der Waals surface area contributed by atoms with Gasteiger partial charge >= 0.3 is 0 Å². The highest BCUT2D eigenvalue weighted by atomic mass is 16.5. The van der Waals surface area contributed by atoms with Crippen molar-refractivity contribution in [2.45, 2.75) is 25.7 Å². The molecule has 1 aliphatic carbocycles. The van der Waals surface area contributed by atoms with Crippen LogP contribution in [0.2, 0.25) is 0 Å². The lowest BCUT2D eigenvalue weighted by Crippen LogP contribution is -1.90. The molecule has 0 atom stereocenters. The summed E-state index contributed by atoms with van der Waals surface area (Å²) in [5.74, 6) is 1.56. The van der Waals surface area contributed by atoms with E-state index in [0.717, 1.165) is 22.2 Å². The number of fused-ring (bicyclic) bond motifs is 1. The van der Waals surface area contributed by atoms with Gasteiger partial charge in [0.1, 0.15) is 11.3 Å². The molecule has 0 saturated heterocycles. The van der Waals surface area contributed by atoms with E-state index in [1.54, 1.807) is 13.0 Å². The molecular weight excluding hydrogens is 190 g/mol. The number of benzene rings is 1. The van der Waals surface area contributed by atoms with E-state index in [4.69, 9.17) is 4.52 Å². The molecule has 1 aromatic carbocycles. The third-order valence-electron chi connectivity index (χ3n) is 2.86. The lowest BCUT2D eigenvalue weighted by Gasteiger charge is -1.95. The summed E-state index contributed by atoms with van der Waals surface area (Å²) < 4.78 is 5.31. The lowest BCUT2D eigenvalue weighted by atomic mass is 10.1. The van der Waals surface area contributed by atoms with E-state index in [1.807, 2.05) is 12.1 Å². The third kappa shape index (κ3) is 1.35. The average Bonchev–Trinajstić information content (AvgIpc) is 2.98. The molecule has 0 spiro atoms. The van der Waals surface area contributed by atoms with Crippen LogP contribution in [0.15, 0.2) is 22.7 Å². The number of rotatable bonds is 2. The molecule has 1 heterocycles. The molecule has 1 aliphatic rings. The van der Waals surface area contributed by atoms with Crippen LogP contribution in [0.4, 0.5) is 0 Å². The number of aromatic nitrogens is 1. The van der Waals surface area contributed by atoms with Gasteiger partial charge in [-0.25, -0.2) is 0 Å². The number of carbonyl (C=O) groups is 1. The summed E-state index contributed by atoms with van der Waals surface area (Å²) >= 11 is 0. The quantitative estimate of drug-likeness (QED) is 0.701. The Balaban J connectivity index is 2.21.